The van der Waals surface area contributed by atoms with Crippen LogP contribution in [0.4, 0.5) is 5.69 Å². The Morgan fingerprint density at radius 3 is 2.22 bits per heavy atom. The second kappa shape index (κ2) is 8.04. The lowest BCUT2D eigenvalue weighted by Crippen LogP contribution is -2.46. The van der Waals surface area contributed by atoms with Crippen molar-refractivity contribution in [2.24, 2.45) is 16.8 Å². The molecule has 0 saturated heterocycles. The molecule has 0 aromatic heterocycles. The number of carbonyl (C=O) groups excluding carboxylic acids is 2. The van der Waals surface area contributed by atoms with Crippen molar-refractivity contribution in [2.75, 3.05) is 11.9 Å². The zero-order valence-corrected chi connectivity index (χ0v) is 13.9. The molecule has 0 spiro atoms. The van der Waals surface area contributed by atoms with Crippen LogP contribution in [0.5, 0.6) is 0 Å². The van der Waals surface area contributed by atoms with E-state index in [-0.39, 0.29) is 18.2 Å². The van der Waals surface area contributed by atoms with E-state index in [9.17, 15) is 18.0 Å². The molecule has 9 heteroatoms. The third-order valence-corrected chi connectivity index (χ3v) is 3.79. The van der Waals surface area contributed by atoms with Gasteiger partial charge in [0.05, 0.1) is 18.3 Å². The fourth-order valence-electron chi connectivity index (χ4n) is 1.71. The lowest BCUT2D eigenvalue weighted by Gasteiger charge is -2.15. The van der Waals surface area contributed by atoms with Gasteiger partial charge in [0.25, 0.3) is 0 Å². The first kappa shape index (κ1) is 19.1. The molecule has 0 unspecified atom stereocenters. The lowest BCUT2D eigenvalue weighted by atomic mass is 10.1. The van der Waals surface area contributed by atoms with Crippen molar-refractivity contribution in [2.45, 2.75) is 25.6 Å². The third-order valence-electron chi connectivity index (χ3n) is 3.05. The number of rotatable bonds is 7. The van der Waals surface area contributed by atoms with E-state index in [1.165, 1.54) is 0 Å². The molecule has 6 N–H and O–H groups in total. The number of anilines is 1. The summed E-state index contributed by atoms with van der Waals surface area (Å²) >= 11 is 0. The second-order valence-corrected chi connectivity index (χ2v) is 7.15. The van der Waals surface area contributed by atoms with Crippen LogP contribution in [0, 0.1) is 5.92 Å². The summed E-state index contributed by atoms with van der Waals surface area (Å²) < 4.78 is 21.9. The van der Waals surface area contributed by atoms with Gasteiger partial charge in [-0.05, 0) is 23.6 Å². The van der Waals surface area contributed by atoms with Gasteiger partial charge in [0.1, 0.15) is 0 Å². The Hall–Kier alpha value is -1.97. The molecule has 0 aliphatic carbocycles. The van der Waals surface area contributed by atoms with Crippen LogP contribution >= 0.6 is 0 Å². The largest absolute Gasteiger partial charge is 0.346 e. The van der Waals surface area contributed by atoms with Gasteiger partial charge in [-0.3, -0.25) is 9.59 Å². The lowest BCUT2D eigenvalue weighted by molar-refractivity contribution is -0.125. The molecule has 0 bridgehead atoms. The Kier molecular flexibility index (Phi) is 6.67. The van der Waals surface area contributed by atoms with Crippen molar-refractivity contribution in [1.82, 2.24) is 5.32 Å². The van der Waals surface area contributed by atoms with Gasteiger partial charge < -0.3 is 16.4 Å². The van der Waals surface area contributed by atoms with Gasteiger partial charge in [0.15, 0.2) is 0 Å². The molecular weight excluding hydrogens is 320 g/mol. The van der Waals surface area contributed by atoms with E-state index in [1.54, 1.807) is 24.3 Å². The van der Waals surface area contributed by atoms with Crippen molar-refractivity contribution < 1.29 is 18.0 Å². The summed E-state index contributed by atoms with van der Waals surface area (Å²) in [5.41, 5.74) is 6.66. The first-order valence-corrected chi connectivity index (χ1v) is 8.72. The van der Waals surface area contributed by atoms with Crippen molar-refractivity contribution in [3.63, 3.8) is 0 Å². The van der Waals surface area contributed by atoms with E-state index in [0.717, 1.165) is 0 Å². The Morgan fingerprint density at radius 2 is 1.74 bits per heavy atom. The minimum atomic E-state index is -3.59. The summed E-state index contributed by atoms with van der Waals surface area (Å²) in [6, 6.07) is 5.54. The van der Waals surface area contributed by atoms with Crippen LogP contribution in [0.3, 0.4) is 0 Å². The van der Waals surface area contributed by atoms with E-state index < -0.39 is 27.9 Å². The van der Waals surface area contributed by atoms with Crippen LogP contribution in [0.25, 0.3) is 0 Å². The summed E-state index contributed by atoms with van der Waals surface area (Å²) in [6.45, 7) is 3.43. The maximum absolute atomic E-state index is 11.7. The molecule has 2 amide bonds. The molecule has 1 aromatic rings. The molecule has 0 aliphatic rings. The van der Waals surface area contributed by atoms with E-state index in [2.05, 4.69) is 10.6 Å². The molecule has 0 heterocycles. The minimum absolute atomic E-state index is 0.0237. The zero-order chi connectivity index (χ0) is 17.6. The SMILES string of the molecule is CC(C)[C@H](N)C(=O)NCC(=O)Nc1ccc(CS(N)(=O)=O)cc1. The van der Waals surface area contributed by atoms with Gasteiger partial charge in [-0.25, -0.2) is 13.6 Å². The number of hydrogen-bond donors (Lipinski definition) is 4. The molecular formula is C14H22N4O4S. The molecule has 1 atom stereocenters. The maximum Gasteiger partial charge on any atom is 0.243 e. The standard InChI is InChI=1S/C14H22N4O4S/c1-9(2)13(15)14(20)17-7-12(19)18-11-5-3-10(4-6-11)8-23(16,21)22/h3-6,9,13H,7-8,15H2,1-2H3,(H,17,20)(H,18,19)(H2,16,21,22)/t13-/m0/s1. The molecule has 128 valence electrons. The summed E-state index contributed by atoms with van der Waals surface area (Å²) in [4.78, 5) is 23.4. The fourth-order valence-corrected chi connectivity index (χ4v) is 2.37. The molecule has 23 heavy (non-hydrogen) atoms. The number of carbonyl (C=O) groups is 2. The predicted molar refractivity (Wildman–Crippen MR) is 87.7 cm³/mol. The van der Waals surface area contributed by atoms with E-state index in [4.69, 9.17) is 10.9 Å². The number of nitrogens with one attached hydrogen (secondary N) is 2. The number of hydrogen-bond acceptors (Lipinski definition) is 5. The van der Waals surface area contributed by atoms with Gasteiger partial charge in [-0.15, -0.1) is 0 Å². The number of benzene rings is 1. The van der Waals surface area contributed by atoms with Gasteiger partial charge in [-0.2, -0.15) is 0 Å². The highest BCUT2D eigenvalue weighted by atomic mass is 32.2. The highest BCUT2D eigenvalue weighted by Gasteiger charge is 2.17. The summed E-state index contributed by atoms with van der Waals surface area (Å²) in [5.74, 6) is -1.10. The summed E-state index contributed by atoms with van der Waals surface area (Å²) in [5, 5.41) is 9.99. The summed E-state index contributed by atoms with van der Waals surface area (Å²) in [6.07, 6.45) is 0. The Balaban J connectivity index is 2.50. The normalized spacial score (nSPS) is 12.7. The van der Waals surface area contributed by atoms with Gasteiger partial charge in [-0.1, -0.05) is 26.0 Å². The monoisotopic (exact) mass is 342 g/mol. The zero-order valence-electron chi connectivity index (χ0n) is 13.1. The summed E-state index contributed by atoms with van der Waals surface area (Å²) in [7, 11) is -3.59. The second-order valence-electron chi connectivity index (χ2n) is 5.54. The molecule has 0 saturated carbocycles. The maximum atomic E-state index is 11.7. The Morgan fingerprint density at radius 1 is 1.17 bits per heavy atom. The van der Waals surface area contributed by atoms with Gasteiger partial charge in [0.2, 0.25) is 21.8 Å². The Labute approximate surface area is 135 Å². The van der Waals surface area contributed by atoms with Crippen LogP contribution in [-0.4, -0.2) is 32.8 Å². The van der Waals surface area contributed by atoms with Crippen LogP contribution in [-0.2, 0) is 25.4 Å². The highest BCUT2D eigenvalue weighted by Crippen LogP contribution is 2.11. The predicted octanol–water partition coefficient (Wildman–Crippen LogP) is -0.487. The van der Waals surface area contributed by atoms with Gasteiger partial charge in [0, 0.05) is 5.69 Å². The fraction of sp³-hybridized carbons (Fsp3) is 0.429. The van der Waals surface area contributed by atoms with Crippen molar-refractivity contribution in [3.05, 3.63) is 29.8 Å². The smallest absolute Gasteiger partial charge is 0.243 e. The number of amides is 2. The number of nitrogens with two attached hydrogens (primary N) is 2. The van der Waals surface area contributed by atoms with Crippen LogP contribution in [0.2, 0.25) is 0 Å². The Bertz CT molecular complexity index is 656. The van der Waals surface area contributed by atoms with Crippen LogP contribution in [0.1, 0.15) is 19.4 Å². The van der Waals surface area contributed by atoms with E-state index in [0.29, 0.717) is 11.3 Å². The quantitative estimate of drug-likeness (QED) is 0.528. The minimum Gasteiger partial charge on any atom is -0.346 e. The number of sulfonamides is 1. The molecule has 1 rings (SSSR count). The molecule has 1 aromatic carbocycles. The van der Waals surface area contributed by atoms with Gasteiger partial charge >= 0.3 is 0 Å². The van der Waals surface area contributed by atoms with Crippen molar-refractivity contribution in [3.8, 4) is 0 Å². The molecule has 0 radical (unpaired) electrons. The molecule has 0 fully saturated rings. The number of primary sulfonamides is 1. The van der Waals surface area contributed by atoms with Crippen LogP contribution < -0.4 is 21.5 Å². The van der Waals surface area contributed by atoms with Crippen LogP contribution in [0.15, 0.2) is 24.3 Å². The first-order valence-electron chi connectivity index (χ1n) is 7.01. The van der Waals surface area contributed by atoms with Crippen molar-refractivity contribution in [1.29, 1.82) is 0 Å². The average Bonchev–Trinajstić information content (AvgIpc) is 2.44. The molecule has 8 nitrogen and oxygen atoms in total. The van der Waals surface area contributed by atoms with E-state index >= 15 is 0 Å². The van der Waals surface area contributed by atoms with Crippen molar-refractivity contribution >= 4 is 27.5 Å². The topological polar surface area (TPSA) is 144 Å². The third kappa shape index (κ3) is 7.22. The average molecular weight is 342 g/mol. The highest BCUT2D eigenvalue weighted by molar-refractivity contribution is 7.88. The van der Waals surface area contributed by atoms with E-state index in [1.807, 2.05) is 13.8 Å². The first-order chi connectivity index (χ1) is 10.6. The molecule has 0 aliphatic heterocycles.